The highest BCUT2D eigenvalue weighted by Gasteiger charge is 2.45. The van der Waals surface area contributed by atoms with Gasteiger partial charge in [0, 0.05) is 23.3 Å². The standard InChI is InChI=1S/C15H26N2O2S2/c1-4-7-16-9-13-8-14(10-20-13)21(18,19)17-11-15(5-6-15)12(2)3/h8,10,12,16-17H,4-7,9,11H2,1-3H3. The molecule has 1 aliphatic rings. The Bertz CT molecular complexity index is 560. The van der Waals surface area contributed by atoms with Crippen LogP contribution in [0.1, 0.15) is 44.9 Å². The van der Waals surface area contributed by atoms with Gasteiger partial charge < -0.3 is 5.32 Å². The molecule has 0 saturated heterocycles. The van der Waals surface area contributed by atoms with Gasteiger partial charge in [-0.25, -0.2) is 13.1 Å². The molecule has 0 bridgehead atoms. The molecule has 0 spiro atoms. The molecule has 21 heavy (non-hydrogen) atoms. The molecule has 120 valence electrons. The quantitative estimate of drug-likeness (QED) is 0.684. The van der Waals surface area contributed by atoms with E-state index < -0.39 is 10.0 Å². The lowest BCUT2D eigenvalue weighted by Gasteiger charge is -2.19. The second-order valence-corrected chi connectivity index (χ2v) is 9.03. The van der Waals surface area contributed by atoms with Crippen LogP contribution in [-0.4, -0.2) is 21.5 Å². The number of hydrogen-bond donors (Lipinski definition) is 2. The van der Waals surface area contributed by atoms with E-state index >= 15 is 0 Å². The predicted molar refractivity (Wildman–Crippen MR) is 88.0 cm³/mol. The van der Waals surface area contributed by atoms with Gasteiger partial charge in [-0.1, -0.05) is 20.8 Å². The van der Waals surface area contributed by atoms with Crippen molar-refractivity contribution in [3.05, 3.63) is 16.3 Å². The third-order valence-corrected chi connectivity index (χ3v) is 6.86. The van der Waals surface area contributed by atoms with Crippen molar-refractivity contribution in [2.75, 3.05) is 13.1 Å². The van der Waals surface area contributed by atoms with Gasteiger partial charge in [0.15, 0.2) is 0 Å². The second-order valence-electron chi connectivity index (χ2n) is 6.27. The molecule has 6 heteroatoms. The molecule has 0 atom stereocenters. The van der Waals surface area contributed by atoms with Crippen LogP contribution >= 0.6 is 11.3 Å². The lowest BCUT2D eigenvalue weighted by Crippen LogP contribution is -2.32. The van der Waals surface area contributed by atoms with Crippen molar-refractivity contribution in [2.45, 2.75) is 51.5 Å². The maximum Gasteiger partial charge on any atom is 0.241 e. The van der Waals surface area contributed by atoms with Crippen LogP contribution < -0.4 is 10.0 Å². The van der Waals surface area contributed by atoms with Gasteiger partial charge >= 0.3 is 0 Å². The van der Waals surface area contributed by atoms with Gasteiger partial charge in [0.2, 0.25) is 10.0 Å². The minimum Gasteiger partial charge on any atom is -0.312 e. The molecule has 1 aromatic heterocycles. The van der Waals surface area contributed by atoms with Gasteiger partial charge in [-0.3, -0.25) is 0 Å². The molecular formula is C15H26N2O2S2. The highest BCUT2D eigenvalue weighted by molar-refractivity contribution is 7.89. The fourth-order valence-corrected chi connectivity index (χ4v) is 4.81. The molecule has 0 unspecified atom stereocenters. The molecule has 0 aromatic carbocycles. The number of hydrogen-bond acceptors (Lipinski definition) is 4. The first kappa shape index (κ1) is 16.9. The lowest BCUT2D eigenvalue weighted by molar-refractivity contribution is 0.357. The maximum atomic E-state index is 12.3. The lowest BCUT2D eigenvalue weighted by atomic mass is 9.93. The average Bonchev–Trinajstić information content (AvgIpc) is 3.08. The molecular weight excluding hydrogens is 304 g/mol. The van der Waals surface area contributed by atoms with Gasteiger partial charge in [0.05, 0.1) is 4.90 Å². The van der Waals surface area contributed by atoms with E-state index in [4.69, 9.17) is 0 Å². The van der Waals surface area contributed by atoms with Crippen molar-refractivity contribution in [3.8, 4) is 0 Å². The van der Waals surface area contributed by atoms with Crippen LogP contribution in [0.4, 0.5) is 0 Å². The van der Waals surface area contributed by atoms with E-state index in [1.165, 1.54) is 11.3 Å². The Hall–Kier alpha value is -0.430. The van der Waals surface area contributed by atoms with Gasteiger partial charge in [-0.05, 0) is 43.2 Å². The van der Waals surface area contributed by atoms with Crippen LogP contribution in [0.3, 0.4) is 0 Å². The van der Waals surface area contributed by atoms with Crippen molar-refractivity contribution in [1.82, 2.24) is 10.0 Å². The fourth-order valence-electron chi connectivity index (χ4n) is 2.42. The zero-order valence-electron chi connectivity index (χ0n) is 13.1. The number of sulfonamides is 1. The van der Waals surface area contributed by atoms with E-state index in [0.29, 0.717) is 17.4 Å². The molecule has 1 saturated carbocycles. The SMILES string of the molecule is CCCNCc1cc(S(=O)(=O)NCC2(C(C)C)CC2)cs1. The second kappa shape index (κ2) is 6.77. The summed E-state index contributed by atoms with van der Waals surface area (Å²) < 4.78 is 27.5. The van der Waals surface area contributed by atoms with Crippen LogP contribution in [0, 0.1) is 11.3 Å². The highest BCUT2D eigenvalue weighted by atomic mass is 32.2. The number of thiophene rings is 1. The van der Waals surface area contributed by atoms with Crippen molar-refractivity contribution in [1.29, 1.82) is 0 Å². The first-order valence-corrected chi connectivity index (χ1v) is 10.0. The van der Waals surface area contributed by atoms with Crippen LogP contribution in [0.15, 0.2) is 16.3 Å². The summed E-state index contributed by atoms with van der Waals surface area (Å²) in [6.07, 6.45) is 3.33. The zero-order chi connectivity index (χ0) is 15.5. The Morgan fingerprint density at radius 1 is 1.38 bits per heavy atom. The van der Waals surface area contributed by atoms with Crippen LogP contribution in [0.25, 0.3) is 0 Å². The molecule has 1 aliphatic carbocycles. The monoisotopic (exact) mass is 330 g/mol. The number of nitrogens with one attached hydrogen (secondary N) is 2. The molecule has 4 nitrogen and oxygen atoms in total. The molecule has 2 N–H and O–H groups in total. The summed E-state index contributed by atoms with van der Waals surface area (Å²) in [6.45, 7) is 8.71. The smallest absolute Gasteiger partial charge is 0.241 e. The maximum absolute atomic E-state index is 12.3. The Morgan fingerprint density at radius 2 is 2.10 bits per heavy atom. The van der Waals surface area contributed by atoms with Crippen molar-refractivity contribution >= 4 is 21.4 Å². The Balaban J connectivity index is 1.93. The Kier molecular flexibility index (Phi) is 5.46. The molecule has 0 amide bonds. The minimum absolute atomic E-state index is 0.189. The van der Waals surface area contributed by atoms with Crippen molar-refractivity contribution in [3.63, 3.8) is 0 Å². The van der Waals surface area contributed by atoms with E-state index in [2.05, 4.69) is 30.8 Å². The summed E-state index contributed by atoms with van der Waals surface area (Å²) in [6, 6.07) is 1.78. The molecule has 0 aliphatic heterocycles. The summed E-state index contributed by atoms with van der Waals surface area (Å²) in [5, 5.41) is 5.03. The normalized spacial score (nSPS) is 17.3. The van der Waals surface area contributed by atoms with Crippen molar-refractivity contribution < 1.29 is 8.42 Å². The van der Waals surface area contributed by atoms with Gasteiger partial charge in [0.1, 0.15) is 0 Å². The molecule has 0 radical (unpaired) electrons. The topological polar surface area (TPSA) is 58.2 Å². The average molecular weight is 331 g/mol. The van der Waals surface area contributed by atoms with E-state index in [1.807, 2.05) is 0 Å². The van der Waals surface area contributed by atoms with E-state index in [-0.39, 0.29) is 5.41 Å². The predicted octanol–water partition coefficient (Wildman–Crippen LogP) is 2.96. The van der Waals surface area contributed by atoms with Gasteiger partial charge in [-0.2, -0.15) is 0 Å². The van der Waals surface area contributed by atoms with Crippen LogP contribution in [0.5, 0.6) is 0 Å². The third-order valence-electron chi connectivity index (χ3n) is 4.40. The first-order chi connectivity index (χ1) is 9.89. The summed E-state index contributed by atoms with van der Waals surface area (Å²) in [5.41, 5.74) is 0.189. The van der Waals surface area contributed by atoms with Crippen LogP contribution in [0.2, 0.25) is 0 Å². The van der Waals surface area contributed by atoms with Crippen LogP contribution in [-0.2, 0) is 16.6 Å². The zero-order valence-corrected chi connectivity index (χ0v) is 14.7. The Morgan fingerprint density at radius 3 is 2.67 bits per heavy atom. The summed E-state index contributed by atoms with van der Waals surface area (Å²) >= 11 is 1.50. The fraction of sp³-hybridized carbons (Fsp3) is 0.733. The summed E-state index contributed by atoms with van der Waals surface area (Å²) in [7, 11) is -3.36. The largest absolute Gasteiger partial charge is 0.312 e. The van der Waals surface area contributed by atoms with E-state index in [1.54, 1.807) is 11.4 Å². The van der Waals surface area contributed by atoms with E-state index in [0.717, 1.165) is 37.2 Å². The molecule has 1 aromatic rings. The molecule has 2 rings (SSSR count). The highest BCUT2D eigenvalue weighted by Crippen LogP contribution is 2.51. The number of rotatable bonds is 9. The molecule has 1 fully saturated rings. The van der Waals surface area contributed by atoms with Gasteiger partial charge in [0.25, 0.3) is 0 Å². The minimum atomic E-state index is -3.36. The first-order valence-electron chi connectivity index (χ1n) is 7.67. The molecule has 1 heterocycles. The summed E-state index contributed by atoms with van der Waals surface area (Å²) in [5.74, 6) is 0.525. The third kappa shape index (κ3) is 4.28. The van der Waals surface area contributed by atoms with Crippen molar-refractivity contribution in [2.24, 2.45) is 11.3 Å². The van der Waals surface area contributed by atoms with E-state index in [9.17, 15) is 8.42 Å². The Labute approximate surface area is 132 Å². The summed E-state index contributed by atoms with van der Waals surface area (Å²) in [4.78, 5) is 1.47. The van der Waals surface area contributed by atoms with Gasteiger partial charge in [-0.15, -0.1) is 11.3 Å².